The number of aliphatic imine (C=N–C) groups is 1. The maximum atomic E-state index is 7.37. The molecule has 6 heteroatoms. The van der Waals surface area contributed by atoms with Gasteiger partial charge < -0.3 is 15.9 Å². The first-order chi connectivity index (χ1) is 8.56. The van der Waals surface area contributed by atoms with Crippen LogP contribution in [0.25, 0.3) is 0 Å². The van der Waals surface area contributed by atoms with E-state index in [1.807, 2.05) is 13.1 Å². The minimum Gasteiger partial charge on any atom is -0.378 e. The van der Waals surface area contributed by atoms with Gasteiger partial charge in [-0.15, -0.1) is 11.6 Å². The fourth-order valence-corrected chi connectivity index (χ4v) is 2.70. The Kier molecular flexibility index (Phi) is 11.3. The van der Waals surface area contributed by atoms with Gasteiger partial charge in [-0.25, -0.2) is 0 Å². The molecule has 18 heavy (non-hydrogen) atoms. The van der Waals surface area contributed by atoms with Crippen molar-refractivity contribution in [3.05, 3.63) is 0 Å². The minimum absolute atomic E-state index is 0.111. The SMILES string of the molecule is CC(CCCl)OC[C@@H](C)[C@@H](/C=N\CN)[C@H](I)C=N. The third kappa shape index (κ3) is 7.66. The van der Waals surface area contributed by atoms with Crippen LogP contribution in [0.3, 0.4) is 0 Å². The van der Waals surface area contributed by atoms with Crippen molar-refractivity contribution < 1.29 is 4.74 Å². The highest BCUT2D eigenvalue weighted by atomic mass is 127. The predicted molar refractivity (Wildman–Crippen MR) is 87.5 cm³/mol. The Morgan fingerprint density at radius 3 is 2.67 bits per heavy atom. The second-order valence-electron chi connectivity index (χ2n) is 4.30. The summed E-state index contributed by atoms with van der Waals surface area (Å²) >= 11 is 7.91. The van der Waals surface area contributed by atoms with Crippen LogP contribution in [0.4, 0.5) is 0 Å². The zero-order valence-corrected chi connectivity index (χ0v) is 13.9. The van der Waals surface area contributed by atoms with E-state index in [2.05, 4.69) is 34.5 Å². The van der Waals surface area contributed by atoms with Crippen molar-refractivity contribution in [2.45, 2.75) is 30.3 Å². The van der Waals surface area contributed by atoms with Gasteiger partial charge in [-0.2, -0.15) is 0 Å². The summed E-state index contributed by atoms with van der Waals surface area (Å²) in [5.41, 5.74) is 5.38. The monoisotopic (exact) mass is 387 g/mol. The van der Waals surface area contributed by atoms with E-state index in [1.165, 1.54) is 6.21 Å². The standard InChI is InChI=1S/C12H23ClIN3O/c1-9(7-18-10(2)3-4-13)11(6-17-8-16)12(14)5-15/h5-6,9-12,15H,3-4,7-8,16H2,1-2H3/b15-5?,17-6-/t9-,10?,11-,12-/m1/s1. The van der Waals surface area contributed by atoms with Crippen molar-refractivity contribution in [2.24, 2.45) is 22.6 Å². The molecule has 4 atom stereocenters. The Labute approximate surface area is 128 Å². The van der Waals surface area contributed by atoms with Crippen LogP contribution in [0.1, 0.15) is 20.3 Å². The van der Waals surface area contributed by atoms with Crippen molar-refractivity contribution in [3.8, 4) is 0 Å². The van der Waals surface area contributed by atoms with Gasteiger partial charge in [0.05, 0.1) is 23.3 Å². The van der Waals surface area contributed by atoms with Gasteiger partial charge in [-0.1, -0.05) is 29.5 Å². The molecule has 0 rings (SSSR count). The van der Waals surface area contributed by atoms with Crippen molar-refractivity contribution >= 4 is 46.6 Å². The van der Waals surface area contributed by atoms with Crippen LogP contribution in [0, 0.1) is 17.2 Å². The van der Waals surface area contributed by atoms with Crippen molar-refractivity contribution in [1.82, 2.24) is 0 Å². The van der Waals surface area contributed by atoms with E-state index < -0.39 is 0 Å². The Bertz CT molecular complexity index is 253. The number of nitrogens with zero attached hydrogens (tertiary/aromatic N) is 1. The maximum absolute atomic E-state index is 7.37. The smallest absolute Gasteiger partial charge is 0.0855 e. The molecule has 0 aromatic carbocycles. The zero-order chi connectivity index (χ0) is 14.0. The number of nitrogens with two attached hydrogens (primary N) is 1. The zero-order valence-electron chi connectivity index (χ0n) is 11.0. The largest absolute Gasteiger partial charge is 0.378 e. The average Bonchev–Trinajstić information content (AvgIpc) is 2.36. The lowest BCUT2D eigenvalue weighted by atomic mass is 9.93. The lowest BCUT2D eigenvalue weighted by molar-refractivity contribution is 0.0368. The Morgan fingerprint density at radius 1 is 1.50 bits per heavy atom. The van der Waals surface area contributed by atoms with Gasteiger partial charge in [0.2, 0.25) is 0 Å². The number of alkyl halides is 2. The van der Waals surface area contributed by atoms with Crippen molar-refractivity contribution in [1.29, 1.82) is 5.41 Å². The number of hydrogen-bond acceptors (Lipinski definition) is 4. The second-order valence-corrected chi connectivity index (χ2v) is 6.12. The second kappa shape index (κ2) is 11.1. The van der Waals surface area contributed by atoms with Crippen LogP contribution < -0.4 is 5.73 Å². The van der Waals surface area contributed by atoms with E-state index in [0.29, 0.717) is 18.4 Å². The Morgan fingerprint density at radius 2 is 2.17 bits per heavy atom. The summed E-state index contributed by atoms with van der Waals surface area (Å²) in [6.07, 6.45) is 4.31. The summed E-state index contributed by atoms with van der Waals surface area (Å²) < 4.78 is 5.85. The molecule has 0 radical (unpaired) electrons. The molecule has 1 unspecified atom stereocenters. The van der Waals surface area contributed by atoms with E-state index >= 15 is 0 Å². The van der Waals surface area contributed by atoms with Gasteiger partial charge in [0.25, 0.3) is 0 Å². The van der Waals surface area contributed by atoms with Gasteiger partial charge in [-0.3, -0.25) is 4.99 Å². The van der Waals surface area contributed by atoms with Crippen molar-refractivity contribution in [3.63, 3.8) is 0 Å². The quantitative estimate of drug-likeness (QED) is 0.344. The summed E-state index contributed by atoms with van der Waals surface area (Å²) in [6.45, 7) is 5.06. The Hall–Kier alpha value is 0.280. The number of hydrogen-bond donors (Lipinski definition) is 2. The average molecular weight is 388 g/mol. The first kappa shape index (κ1) is 18.3. The summed E-state index contributed by atoms with van der Waals surface area (Å²) in [4.78, 5) is 4.09. The van der Waals surface area contributed by atoms with Gasteiger partial charge in [-0.05, 0) is 19.3 Å². The highest BCUT2D eigenvalue weighted by Crippen LogP contribution is 2.20. The molecule has 0 aromatic rings. The van der Waals surface area contributed by atoms with Crippen LogP contribution >= 0.6 is 34.2 Å². The van der Waals surface area contributed by atoms with Crippen LogP contribution in [0.15, 0.2) is 4.99 Å². The normalized spacial score (nSPS) is 18.5. The van der Waals surface area contributed by atoms with Crippen LogP contribution in [-0.2, 0) is 4.74 Å². The molecule has 106 valence electrons. The van der Waals surface area contributed by atoms with E-state index in [4.69, 9.17) is 27.5 Å². The van der Waals surface area contributed by atoms with E-state index in [1.54, 1.807) is 0 Å². The fraction of sp³-hybridized carbons (Fsp3) is 0.833. The number of ether oxygens (including phenoxy) is 1. The summed E-state index contributed by atoms with van der Waals surface area (Å²) in [6, 6.07) is 0. The third-order valence-electron chi connectivity index (χ3n) is 2.73. The molecule has 0 spiro atoms. The fourth-order valence-electron chi connectivity index (χ4n) is 1.50. The van der Waals surface area contributed by atoms with Gasteiger partial charge in [0.1, 0.15) is 0 Å². The molecule has 0 fully saturated rings. The predicted octanol–water partition coefficient (Wildman–Crippen LogP) is 2.71. The topological polar surface area (TPSA) is 71.5 Å². The summed E-state index contributed by atoms with van der Waals surface area (Å²) in [7, 11) is 0. The molecule has 0 bridgehead atoms. The molecule has 0 aliphatic heterocycles. The first-order valence-electron chi connectivity index (χ1n) is 6.09. The first-order valence-corrected chi connectivity index (χ1v) is 7.87. The molecule has 3 N–H and O–H groups in total. The molecule has 0 aliphatic carbocycles. The van der Waals surface area contributed by atoms with Crippen LogP contribution in [0.2, 0.25) is 0 Å². The molecule has 0 saturated carbocycles. The van der Waals surface area contributed by atoms with E-state index in [-0.39, 0.29) is 22.6 Å². The summed E-state index contributed by atoms with van der Waals surface area (Å²) in [5.74, 6) is 1.08. The highest BCUT2D eigenvalue weighted by molar-refractivity contribution is 14.1. The van der Waals surface area contributed by atoms with E-state index in [0.717, 1.165) is 6.42 Å². The van der Waals surface area contributed by atoms with Gasteiger partial charge in [0.15, 0.2) is 0 Å². The molecule has 0 saturated heterocycles. The van der Waals surface area contributed by atoms with Crippen molar-refractivity contribution in [2.75, 3.05) is 19.2 Å². The van der Waals surface area contributed by atoms with E-state index in [9.17, 15) is 0 Å². The van der Waals surface area contributed by atoms with Crippen LogP contribution in [0.5, 0.6) is 0 Å². The lowest BCUT2D eigenvalue weighted by Gasteiger charge is -2.24. The highest BCUT2D eigenvalue weighted by Gasteiger charge is 2.22. The molecule has 0 heterocycles. The summed E-state index contributed by atoms with van der Waals surface area (Å²) in [5, 5.41) is 7.37. The maximum Gasteiger partial charge on any atom is 0.0855 e. The molecule has 4 nitrogen and oxygen atoms in total. The van der Waals surface area contributed by atoms with Crippen LogP contribution in [-0.4, -0.2) is 41.6 Å². The van der Waals surface area contributed by atoms with Gasteiger partial charge >= 0.3 is 0 Å². The molecule has 0 aromatic heterocycles. The molecule has 0 aliphatic rings. The number of nitrogens with one attached hydrogen (secondary N) is 1. The third-order valence-corrected chi connectivity index (χ3v) is 4.13. The number of rotatable bonds is 10. The van der Waals surface area contributed by atoms with Gasteiger partial charge in [0, 0.05) is 24.2 Å². The lowest BCUT2D eigenvalue weighted by Crippen LogP contribution is -2.29. The molecular weight excluding hydrogens is 365 g/mol. The Balaban J connectivity index is 4.32. The molecule has 0 amide bonds. The number of halogens is 2. The minimum atomic E-state index is 0.111. The molecular formula is C12H23ClIN3O.